The highest BCUT2D eigenvalue weighted by atomic mass is 19.1. The molecule has 4 rings (SSSR count). The largest absolute Gasteiger partial charge is 0.497 e. The van der Waals surface area contributed by atoms with Crippen molar-refractivity contribution >= 4 is 6.03 Å². The lowest BCUT2D eigenvalue weighted by Gasteiger charge is -2.33. The number of amides is 2. The van der Waals surface area contributed by atoms with Crippen molar-refractivity contribution in [2.75, 3.05) is 20.2 Å². The van der Waals surface area contributed by atoms with Gasteiger partial charge in [-0.3, -0.25) is 4.98 Å². The highest BCUT2D eigenvalue weighted by Crippen LogP contribution is 2.36. The molecule has 2 aliphatic rings. The first-order chi connectivity index (χ1) is 13.0. The first kappa shape index (κ1) is 17.7. The zero-order chi connectivity index (χ0) is 19.0. The molecular weight excluding hydrogens is 352 g/mol. The van der Waals surface area contributed by atoms with Crippen LogP contribution in [0.2, 0.25) is 0 Å². The Morgan fingerprint density at radius 2 is 2.15 bits per heavy atom. The lowest BCUT2D eigenvalue weighted by molar-refractivity contribution is 0.169. The van der Waals surface area contributed by atoms with Crippen LogP contribution in [-0.2, 0) is 6.54 Å². The predicted octanol–water partition coefficient (Wildman–Crippen LogP) is 3.55. The fraction of sp³-hybridized carbons (Fsp3) is 0.400. The molecule has 0 saturated carbocycles. The summed E-state index contributed by atoms with van der Waals surface area (Å²) in [6.45, 7) is 1.48. The molecule has 2 amide bonds. The summed E-state index contributed by atoms with van der Waals surface area (Å²) in [5, 5.41) is 0. The molecule has 27 heavy (non-hydrogen) atoms. The molecule has 0 aliphatic carbocycles. The molecule has 2 saturated heterocycles. The number of piperidine rings is 1. The van der Waals surface area contributed by atoms with Crippen LogP contribution in [0, 0.1) is 11.6 Å². The second-order valence-corrected chi connectivity index (χ2v) is 7.13. The fourth-order valence-electron chi connectivity index (χ4n) is 4.17. The highest BCUT2D eigenvalue weighted by molar-refractivity contribution is 5.77. The van der Waals surface area contributed by atoms with Crippen molar-refractivity contribution < 1.29 is 18.3 Å². The number of methoxy groups -OCH3 is 1. The van der Waals surface area contributed by atoms with Crippen LogP contribution in [0.4, 0.5) is 13.6 Å². The first-order valence-corrected chi connectivity index (χ1v) is 9.03. The molecule has 1 aromatic heterocycles. The smallest absolute Gasteiger partial charge is 0.320 e. The van der Waals surface area contributed by atoms with E-state index >= 15 is 0 Å². The third kappa shape index (κ3) is 3.46. The van der Waals surface area contributed by atoms with Gasteiger partial charge in [-0.25, -0.2) is 13.6 Å². The molecule has 2 aromatic rings. The zero-order valence-electron chi connectivity index (χ0n) is 15.1. The van der Waals surface area contributed by atoms with Crippen molar-refractivity contribution in [2.45, 2.75) is 31.3 Å². The number of benzene rings is 1. The first-order valence-electron chi connectivity index (χ1n) is 9.03. The summed E-state index contributed by atoms with van der Waals surface area (Å²) in [4.78, 5) is 20.1. The van der Waals surface area contributed by atoms with Gasteiger partial charge in [0.2, 0.25) is 0 Å². The summed E-state index contributed by atoms with van der Waals surface area (Å²) < 4.78 is 32.9. The summed E-state index contributed by atoms with van der Waals surface area (Å²) in [6, 6.07) is 6.19. The number of hydrogen-bond acceptors (Lipinski definition) is 3. The van der Waals surface area contributed by atoms with Gasteiger partial charge in [-0.05, 0) is 48.1 Å². The minimum Gasteiger partial charge on any atom is -0.497 e. The van der Waals surface area contributed by atoms with Crippen molar-refractivity contribution in [3.05, 3.63) is 59.4 Å². The van der Waals surface area contributed by atoms with Crippen molar-refractivity contribution in [3.8, 4) is 5.75 Å². The lowest BCUT2D eigenvalue weighted by Crippen LogP contribution is -2.40. The van der Waals surface area contributed by atoms with Crippen molar-refractivity contribution in [1.29, 1.82) is 0 Å². The van der Waals surface area contributed by atoms with Gasteiger partial charge in [0.25, 0.3) is 0 Å². The maximum atomic E-state index is 14.1. The van der Waals surface area contributed by atoms with Crippen molar-refractivity contribution in [3.63, 3.8) is 0 Å². The quantitative estimate of drug-likeness (QED) is 0.823. The Morgan fingerprint density at radius 1 is 1.30 bits per heavy atom. The summed E-state index contributed by atoms with van der Waals surface area (Å²) in [7, 11) is 1.48. The van der Waals surface area contributed by atoms with Gasteiger partial charge < -0.3 is 14.5 Å². The number of halogens is 2. The van der Waals surface area contributed by atoms with Crippen LogP contribution in [0.1, 0.15) is 29.9 Å². The summed E-state index contributed by atoms with van der Waals surface area (Å²) >= 11 is 0. The Balaban J connectivity index is 1.48. The average Bonchev–Trinajstić information content (AvgIpc) is 2.96. The number of ether oxygens (including phenoxy) is 1. The van der Waals surface area contributed by atoms with E-state index in [-0.39, 0.29) is 29.6 Å². The third-order valence-corrected chi connectivity index (χ3v) is 5.45. The molecule has 0 bridgehead atoms. The van der Waals surface area contributed by atoms with E-state index in [0.29, 0.717) is 36.5 Å². The zero-order valence-corrected chi connectivity index (χ0v) is 15.1. The van der Waals surface area contributed by atoms with Crippen LogP contribution >= 0.6 is 0 Å². The molecule has 2 fully saturated rings. The minimum absolute atomic E-state index is 0.0410. The minimum atomic E-state index is -0.387. The van der Waals surface area contributed by atoms with Gasteiger partial charge in [-0.1, -0.05) is 0 Å². The number of fused-ring (bicyclic) bond motifs is 1. The van der Waals surface area contributed by atoms with Gasteiger partial charge in [-0.2, -0.15) is 0 Å². The monoisotopic (exact) mass is 373 g/mol. The second-order valence-electron chi connectivity index (χ2n) is 7.13. The van der Waals surface area contributed by atoms with Gasteiger partial charge in [-0.15, -0.1) is 0 Å². The van der Waals surface area contributed by atoms with Gasteiger partial charge in [0.15, 0.2) is 0 Å². The van der Waals surface area contributed by atoms with Crippen LogP contribution in [0.3, 0.4) is 0 Å². The summed E-state index contributed by atoms with van der Waals surface area (Å²) in [5.74, 6) is -0.162. The topological polar surface area (TPSA) is 45.7 Å². The van der Waals surface area contributed by atoms with E-state index in [1.807, 2.05) is 4.90 Å². The van der Waals surface area contributed by atoms with Crippen LogP contribution < -0.4 is 4.74 Å². The lowest BCUT2D eigenvalue weighted by atomic mass is 9.86. The molecule has 5 nitrogen and oxygen atoms in total. The third-order valence-electron chi connectivity index (χ3n) is 5.45. The standard InChI is InChI=1S/C20H21F2N3O2/c1-27-17-7-13(6-15(21)9-17)11-24-12-16-8-14(3-5-25(16)20(24)26)18-2-4-23-10-19(18)22/h2,4,6-7,9-10,14,16H,3,5,8,11-12H2,1H3/t14?,16-/m0/s1. The number of pyridine rings is 1. The van der Waals surface area contributed by atoms with Crippen molar-refractivity contribution in [2.24, 2.45) is 0 Å². The normalized spacial score (nSPS) is 22.1. The second kappa shape index (κ2) is 7.13. The van der Waals surface area contributed by atoms with Gasteiger partial charge in [0.1, 0.15) is 17.4 Å². The van der Waals surface area contributed by atoms with Gasteiger partial charge in [0, 0.05) is 31.9 Å². The molecule has 1 unspecified atom stereocenters. The number of hydrogen-bond donors (Lipinski definition) is 0. The number of carbonyl (C=O) groups is 1. The van der Waals surface area contributed by atoms with Crippen LogP contribution in [-0.4, -0.2) is 47.1 Å². The molecule has 7 heteroatoms. The van der Waals surface area contributed by atoms with E-state index in [1.165, 1.54) is 25.4 Å². The molecule has 3 heterocycles. The van der Waals surface area contributed by atoms with Crippen LogP contribution in [0.5, 0.6) is 5.75 Å². The molecule has 0 spiro atoms. The number of aromatic nitrogens is 1. The molecule has 2 aliphatic heterocycles. The Labute approximate surface area is 156 Å². The molecule has 2 atom stereocenters. The van der Waals surface area contributed by atoms with Gasteiger partial charge in [0.05, 0.1) is 19.3 Å². The van der Waals surface area contributed by atoms with E-state index in [2.05, 4.69) is 4.98 Å². The number of nitrogens with zero attached hydrogens (tertiary/aromatic N) is 3. The summed E-state index contributed by atoms with van der Waals surface area (Å²) in [6.07, 6.45) is 4.29. The Morgan fingerprint density at radius 3 is 2.93 bits per heavy atom. The highest BCUT2D eigenvalue weighted by Gasteiger charge is 2.41. The van der Waals surface area contributed by atoms with E-state index in [0.717, 1.165) is 12.8 Å². The number of carbonyl (C=O) groups excluding carboxylic acids is 1. The van der Waals surface area contributed by atoms with E-state index < -0.39 is 0 Å². The van der Waals surface area contributed by atoms with E-state index in [4.69, 9.17) is 4.74 Å². The predicted molar refractivity (Wildman–Crippen MR) is 95.4 cm³/mol. The van der Waals surface area contributed by atoms with Crippen molar-refractivity contribution in [1.82, 2.24) is 14.8 Å². The van der Waals surface area contributed by atoms with Crippen LogP contribution in [0.25, 0.3) is 0 Å². The van der Waals surface area contributed by atoms with Crippen LogP contribution in [0.15, 0.2) is 36.7 Å². The molecule has 142 valence electrons. The van der Waals surface area contributed by atoms with E-state index in [1.54, 1.807) is 23.2 Å². The number of rotatable bonds is 4. The average molecular weight is 373 g/mol. The molecule has 1 aromatic carbocycles. The van der Waals surface area contributed by atoms with Gasteiger partial charge >= 0.3 is 6.03 Å². The SMILES string of the molecule is COc1cc(F)cc(CN2C[C@@H]3CC(c4ccncc4F)CCN3C2=O)c1. The maximum absolute atomic E-state index is 14.1. The Kier molecular flexibility index (Phi) is 4.68. The molecule has 0 radical (unpaired) electrons. The Hall–Kier alpha value is -2.70. The maximum Gasteiger partial charge on any atom is 0.320 e. The molecular formula is C20H21F2N3O2. The summed E-state index contributed by atoms with van der Waals surface area (Å²) in [5.41, 5.74) is 1.36. The fourth-order valence-corrected chi connectivity index (χ4v) is 4.17. The van der Waals surface area contributed by atoms with E-state index in [9.17, 15) is 13.6 Å². The Bertz CT molecular complexity index is 861. The molecule has 0 N–H and O–H groups in total. The number of urea groups is 1.